The smallest absolute Gasteiger partial charge is 0.329 e. The molecule has 1 heterocycles. The summed E-state index contributed by atoms with van der Waals surface area (Å²) in [5.41, 5.74) is 0.652. The van der Waals surface area contributed by atoms with Gasteiger partial charge in [0.05, 0.1) is 31.8 Å². The van der Waals surface area contributed by atoms with E-state index >= 15 is 0 Å². The van der Waals surface area contributed by atoms with Crippen molar-refractivity contribution >= 4 is 17.4 Å². The average Bonchev–Trinajstić information content (AvgIpc) is 3.51. The zero-order valence-electron chi connectivity index (χ0n) is 18.3. The van der Waals surface area contributed by atoms with Crippen molar-refractivity contribution in [3.63, 3.8) is 0 Å². The first-order valence-corrected chi connectivity index (χ1v) is 11.1. The Hall–Kier alpha value is -3.34. The molecule has 1 aliphatic rings. The van der Waals surface area contributed by atoms with E-state index in [-0.39, 0.29) is 39.9 Å². The van der Waals surface area contributed by atoms with Gasteiger partial charge >= 0.3 is 5.69 Å². The predicted molar refractivity (Wildman–Crippen MR) is 120 cm³/mol. The molecule has 174 valence electrons. The third-order valence-corrected chi connectivity index (χ3v) is 6.89. The number of hydrogen-bond donors (Lipinski definition) is 0. The Morgan fingerprint density at radius 3 is 2.48 bits per heavy atom. The van der Waals surface area contributed by atoms with E-state index in [1.54, 1.807) is 6.07 Å². The van der Waals surface area contributed by atoms with Gasteiger partial charge in [-0.05, 0) is 37.1 Å². The standard InChI is InChI=1S/C22H22FN3O6S/c1-29-16-10-12(8-9-15(16)23)21-24-22(32-25-21)14-11-17(30-2)19(31-3)18(26(27)28)20(14)33-13-6-4-5-7-13/h8-11,13H,4-7H2,1-3H3. The quantitative estimate of drug-likeness (QED) is 0.307. The fraction of sp³-hybridized carbons (Fsp3) is 0.364. The maximum Gasteiger partial charge on any atom is 0.329 e. The van der Waals surface area contributed by atoms with Crippen LogP contribution in [0.4, 0.5) is 10.1 Å². The van der Waals surface area contributed by atoms with E-state index in [1.165, 1.54) is 51.3 Å². The van der Waals surface area contributed by atoms with Crippen LogP contribution >= 0.6 is 11.8 Å². The van der Waals surface area contributed by atoms with Crippen molar-refractivity contribution in [3.05, 3.63) is 40.2 Å². The molecule has 33 heavy (non-hydrogen) atoms. The van der Waals surface area contributed by atoms with E-state index in [9.17, 15) is 14.5 Å². The number of nitro groups is 1. The van der Waals surface area contributed by atoms with Crippen LogP contribution in [0, 0.1) is 15.9 Å². The van der Waals surface area contributed by atoms with Gasteiger partial charge in [0, 0.05) is 10.8 Å². The van der Waals surface area contributed by atoms with E-state index in [2.05, 4.69) is 10.1 Å². The number of methoxy groups -OCH3 is 3. The molecule has 0 saturated heterocycles. The summed E-state index contributed by atoms with van der Waals surface area (Å²) in [4.78, 5) is 16.4. The number of rotatable bonds is 8. The van der Waals surface area contributed by atoms with Crippen molar-refractivity contribution in [3.8, 4) is 40.1 Å². The second-order valence-electron chi connectivity index (χ2n) is 7.39. The van der Waals surface area contributed by atoms with E-state index in [4.69, 9.17) is 18.7 Å². The van der Waals surface area contributed by atoms with Gasteiger partial charge in [-0.2, -0.15) is 4.98 Å². The molecule has 0 amide bonds. The summed E-state index contributed by atoms with van der Waals surface area (Å²) in [6.45, 7) is 0. The van der Waals surface area contributed by atoms with Gasteiger partial charge in [-0.3, -0.25) is 10.1 Å². The monoisotopic (exact) mass is 475 g/mol. The summed E-state index contributed by atoms with van der Waals surface area (Å²) in [7, 11) is 4.12. The number of hydrogen-bond acceptors (Lipinski definition) is 9. The second-order valence-corrected chi connectivity index (χ2v) is 8.70. The zero-order chi connectivity index (χ0) is 23.5. The molecular formula is C22H22FN3O6S. The lowest BCUT2D eigenvalue weighted by atomic mass is 10.1. The summed E-state index contributed by atoms with van der Waals surface area (Å²) >= 11 is 1.41. The van der Waals surface area contributed by atoms with Crippen LogP contribution in [0.2, 0.25) is 0 Å². The lowest BCUT2D eigenvalue weighted by Gasteiger charge is -2.16. The summed E-state index contributed by atoms with van der Waals surface area (Å²) in [6, 6.07) is 5.80. The normalized spacial score (nSPS) is 13.8. The molecule has 1 aromatic heterocycles. The van der Waals surface area contributed by atoms with Crippen molar-refractivity contribution in [1.82, 2.24) is 10.1 Å². The van der Waals surface area contributed by atoms with Gasteiger partial charge in [0.2, 0.25) is 11.6 Å². The van der Waals surface area contributed by atoms with Gasteiger partial charge in [-0.15, -0.1) is 11.8 Å². The number of halogens is 1. The van der Waals surface area contributed by atoms with Crippen LogP contribution in [0.15, 0.2) is 33.7 Å². The largest absolute Gasteiger partial charge is 0.494 e. The van der Waals surface area contributed by atoms with Gasteiger partial charge in [-0.1, -0.05) is 18.0 Å². The molecule has 0 aliphatic heterocycles. The predicted octanol–water partition coefficient (Wildman–Crippen LogP) is 5.51. The number of nitrogens with zero attached hydrogens (tertiary/aromatic N) is 3. The summed E-state index contributed by atoms with van der Waals surface area (Å²) < 4.78 is 35.0. The molecule has 0 bridgehead atoms. The maximum absolute atomic E-state index is 13.8. The highest BCUT2D eigenvalue weighted by Crippen LogP contribution is 2.51. The minimum absolute atomic E-state index is 0.0368. The fourth-order valence-corrected chi connectivity index (χ4v) is 5.28. The highest BCUT2D eigenvalue weighted by Gasteiger charge is 2.34. The Labute approximate surface area is 193 Å². The molecule has 0 atom stereocenters. The summed E-state index contributed by atoms with van der Waals surface area (Å²) in [5.74, 6) is 0.0112. The third kappa shape index (κ3) is 4.45. The minimum Gasteiger partial charge on any atom is -0.494 e. The Morgan fingerprint density at radius 1 is 1.12 bits per heavy atom. The molecule has 0 N–H and O–H groups in total. The van der Waals surface area contributed by atoms with Crippen molar-refractivity contribution < 1.29 is 28.0 Å². The van der Waals surface area contributed by atoms with Gasteiger partial charge in [0.1, 0.15) is 4.90 Å². The van der Waals surface area contributed by atoms with Crippen LogP contribution in [-0.4, -0.2) is 41.6 Å². The Bertz CT molecular complexity index is 1180. The fourth-order valence-electron chi connectivity index (χ4n) is 3.82. The number of ether oxygens (including phenoxy) is 3. The number of aromatic nitrogens is 2. The molecule has 1 saturated carbocycles. The third-order valence-electron chi connectivity index (χ3n) is 5.43. The van der Waals surface area contributed by atoms with Gasteiger partial charge in [0.25, 0.3) is 5.89 Å². The Morgan fingerprint density at radius 2 is 1.85 bits per heavy atom. The SMILES string of the molecule is COc1cc(-c2noc(-c3cc(OC)c(OC)c([N+](=O)[O-])c3SC3CCCC3)n2)ccc1F. The second kappa shape index (κ2) is 9.65. The summed E-state index contributed by atoms with van der Waals surface area (Å²) in [6.07, 6.45) is 4.07. The van der Waals surface area contributed by atoms with Crippen molar-refractivity contribution in [2.24, 2.45) is 0 Å². The molecule has 0 radical (unpaired) electrons. The van der Waals surface area contributed by atoms with E-state index in [1.807, 2.05) is 0 Å². The van der Waals surface area contributed by atoms with Crippen molar-refractivity contribution in [2.75, 3.05) is 21.3 Å². The molecule has 0 unspecified atom stereocenters. The van der Waals surface area contributed by atoms with E-state index in [0.717, 1.165) is 25.7 Å². The van der Waals surface area contributed by atoms with Crippen LogP contribution in [0.1, 0.15) is 25.7 Å². The molecule has 1 fully saturated rings. The first-order chi connectivity index (χ1) is 16.0. The number of nitro benzene ring substituents is 1. The lowest BCUT2D eigenvalue weighted by Crippen LogP contribution is -2.03. The van der Waals surface area contributed by atoms with Gasteiger partial charge in [-0.25, -0.2) is 4.39 Å². The molecule has 3 aromatic rings. The number of thioether (sulfide) groups is 1. The molecule has 11 heteroatoms. The molecule has 0 spiro atoms. The van der Waals surface area contributed by atoms with E-state index in [0.29, 0.717) is 16.0 Å². The number of benzene rings is 2. The molecular weight excluding hydrogens is 453 g/mol. The van der Waals surface area contributed by atoms with Crippen molar-refractivity contribution in [2.45, 2.75) is 35.8 Å². The first-order valence-electron chi connectivity index (χ1n) is 10.2. The van der Waals surface area contributed by atoms with Crippen molar-refractivity contribution in [1.29, 1.82) is 0 Å². The zero-order valence-corrected chi connectivity index (χ0v) is 19.1. The first kappa shape index (κ1) is 22.8. The highest BCUT2D eigenvalue weighted by molar-refractivity contribution is 8.00. The molecule has 1 aliphatic carbocycles. The van der Waals surface area contributed by atoms with Crippen LogP contribution in [-0.2, 0) is 0 Å². The van der Waals surface area contributed by atoms with Crippen LogP contribution < -0.4 is 14.2 Å². The maximum atomic E-state index is 13.8. The molecule has 4 rings (SSSR count). The van der Waals surface area contributed by atoms with Crippen LogP contribution in [0.25, 0.3) is 22.8 Å². The van der Waals surface area contributed by atoms with Gasteiger partial charge < -0.3 is 18.7 Å². The van der Waals surface area contributed by atoms with Gasteiger partial charge in [0.15, 0.2) is 17.3 Å². The van der Waals surface area contributed by atoms with E-state index < -0.39 is 10.7 Å². The summed E-state index contributed by atoms with van der Waals surface area (Å²) in [5, 5.41) is 16.3. The molecule has 9 nitrogen and oxygen atoms in total. The van der Waals surface area contributed by atoms with Crippen LogP contribution in [0.5, 0.6) is 17.2 Å². The van der Waals surface area contributed by atoms with Crippen LogP contribution in [0.3, 0.4) is 0 Å². The topological polar surface area (TPSA) is 110 Å². The Balaban J connectivity index is 1.86. The molecule has 2 aromatic carbocycles. The average molecular weight is 475 g/mol. The Kier molecular flexibility index (Phi) is 6.68. The minimum atomic E-state index is -0.518. The lowest BCUT2D eigenvalue weighted by molar-refractivity contribution is -0.388. The highest BCUT2D eigenvalue weighted by atomic mass is 32.2.